The Labute approximate surface area is 172 Å². The van der Waals surface area contributed by atoms with Crippen molar-refractivity contribution in [1.29, 1.82) is 0 Å². The maximum absolute atomic E-state index is 13.2. The molecule has 8 heteroatoms. The molecule has 4 rings (SSSR count). The first-order chi connectivity index (χ1) is 13.8. The molecule has 1 N–H and O–H groups in total. The molecule has 150 valence electrons. The topological polar surface area (TPSA) is 69.7 Å². The van der Waals surface area contributed by atoms with E-state index in [4.69, 9.17) is 11.6 Å². The van der Waals surface area contributed by atoms with Crippen molar-refractivity contribution in [1.82, 2.24) is 4.90 Å². The fraction of sp³-hybridized carbons (Fsp3) is 0.286. The van der Waals surface area contributed by atoms with Crippen molar-refractivity contribution >= 4 is 40.7 Å². The Morgan fingerprint density at radius 1 is 1.24 bits per heavy atom. The summed E-state index contributed by atoms with van der Waals surface area (Å²) in [5.74, 6) is -1.10. The zero-order chi connectivity index (χ0) is 20.8. The van der Waals surface area contributed by atoms with E-state index in [1.54, 1.807) is 34.1 Å². The minimum absolute atomic E-state index is 0.0131. The fourth-order valence-electron chi connectivity index (χ4n) is 4.06. The van der Waals surface area contributed by atoms with Crippen molar-refractivity contribution in [2.24, 2.45) is 0 Å². The number of hydrogen-bond donors (Lipinski definition) is 1. The van der Waals surface area contributed by atoms with Crippen LogP contribution in [0.4, 0.5) is 15.8 Å². The molecule has 0 aliphatic carbocycles. The number of amides is 3. The summed E-state index contributed by atoms with van der Waals surface area (Å²) < 4.78 is 13.2. The summed E-state index contributed by atoms with van der Waals surface area (Å²) in [5.41, 5.74) is 0.553. The first kappa shape index (κ1) is 19.4. The minimum atomic E-state index is -0.809. The number of nitrogens with zero attached hydrogens (tertiary/aromatic N) is 2. The van der Waals surface area contributed by atoms with Crippen LogP contribution in [0.1, 0.15) is 36.5 Å². The number of para-hydroxylation sites is 1. The van der Waals surface area contributed by atoms with Gasteiger partial charge in [-0.25, -0.2) is 4.39 Å². The van der Waals surface area contributed by atoms with E-state index in [0.29, 0.717) is 29.8 Å². The number of benzene rings is 2. The van der Waals surface area contributed by atoms with Gasteiger partial charge in [-0.15, -0.1) is 0 Å². The maximum atomic E-state index is 13.2. The van der Waals surface area contributed by atoms with Gasteiger partial charge in [0.1, 0.15) is 11.5 Å². The molecule has 0 unspecified atom stereocenters. The Bertz CT molecular complexity index is 1030. The average Bonchev–Trinajstić information content (AvgIpc) is 2.99. The third-order valence-corrected chi connectivity index (χ3v) is 5.83. The minimum Gasteiger partial charge on any atom is -0.325 e. The molecule has 29 heavy (non-hydrogen) atoms. The number of carbonyl (C=O) groups is 3. The second-order valence-corrected chi connectivity index (χ2v) is 7.75. The van der Waals surface area contributed by atoms with E-state index in [1.807, 2.05) is 6.92 Å². The van der Waals surface area contributed by atoms with Crippen molar-refractivity contribution < 1.29 is 18.8 Å². The standard InChI is InChI=1S/C21H19ClFN3O3/c1-21-10-8-19(28)26(21)17-5-3-2-4-14(17)20(29)25(21)11-9-18(27)24-16-7-6-13(23)12-15(16)22/h2-7,12H,8-11H2,1H3,(H,24,27)/t21-/m0/s1. The highest BCUT2D eigenvalue weighted by atomic mass is 35.5. The van der Waals surface area contributed by atoms with Crippen molar-refractivity contribution in [3.8, 4) is 0 Å². The Kier molecular flexibility index (Phi) is 4.78. The summed E-state index contributed by atoms with van der Waals surface area (Å²) >= 11 is 5.95. The largest absolute Gasteiger partial charge is 0.325 e. The SMILES string of the molecule is C[C@@]12CCC(=O)N1c1ccccc1C(=O)N2CCC(=O)Nc1ccc(F)cc1Cl. The second kappa shape index (κ2) is 7.15. The molecule has 0 spiro atoms. The van der Waals surface area contributed by atoms with Crippen LogP contribution in [0, 0.1) is 5.82 Å². The van der Waals surface area contributed by atoms with E-state index in [0.717, 1.165) is 6.07 Å². The molecule has 3 amide bonds. The van der Waals surface area contributed by atoms with Crippen LogP contribution >= 0.6 is 11.6 Å². The molecule has 0 radical (unpaired) electrons. The molecule has 1 saturated heterocycles. The van der Waals surface area contributed by atoms with Crippen LogP contribution in [0.25, 0.3) is 0 Å². The molecule has 0 bridgehead atoms. The van der Waals surface area contributed by atoms with Gasteiger partial charge in [-0.1, -0.05) is 23.7 Å². The number of halogens is 2. The molecule has 2 aliphatic heterocycles. The monoisotopic (exact) mass is 415 g/mol. The second-order valence-electron chi connectivity index (χ2n) is 7.34. The van der Waals surface area contributed by atoms with Gasteiger partial charge in [0.25, 0.3) is 5.91 Å². The highest BCUT2D eigenvalue weighted by Crippen LogP contribution is 2.44. The van der Waals surface area contributed by atoms with Gasteiger partial charge in [0.2, 0.25) is 11.8 Å². The lowest BCUT2D eigenvalue weighted by Crippen LogP contribution is -2.62. The summed E-state index contributed by atoms with van der Waals surface area (Å²) in [5, 5.41) is 2.73. The number of hydrogen-bond acceptors (Lipinski definition) is 3. The molecule has 6 nitrogen and oxygen atoms in total. The molecular weight excluding hydrogens is 397 g/mol. The molecule has 1 atom stereocenters. The normalized spacial score (nSPS) is 20.5. The van der Waals surface area contributed by atoms with Gasteiger partial charge in [0, 0.05) is 19.4 Å². The number of anilines is 2. The lowest BCUT2D eigenvalue weighted by Gasteiger charge is -2.48. The summed E-state index contributed by atoms with van der Waals surface area (Å²) in [6.45, 7) is 1.98. The van der Waals surface area contributed by atoms with Crippen molar-refractivity contribution in [3.63, 3.8) is 0 Å². The summed E-state index contributed by atoms with van der Waals surface area (Å²) in [4.78, 5) is 41.3. The smallest absolute Gasteiger partial charge is 0.257 e. The van der Waals surface area contributed by atoms with Crippen LogP contribution in [0.3, 0.4) is 0 Å². The maximum Gasteiger partial charge on any atom is 0.257 e. The molecule has 2 aromatic carbocycles. The molecule has 2 aromatic rings. The quantitative estimate of drug-likeness (QED) is 0.825. The van der Waals surface area contributed by atoms with E-state index >= 15 is 0 Å². The van der Waals surface area contributed by atoms with Crippen LogP contribution in [-0.2, 0) is 9.59 Å². The summed E-state index contributed by atoms with van der Waals surface area (Å²) in [7, 11) is 0. The number of nitrogens with one attached hydrogen (secondary N) is 1. The highest BCUT2D eigenvalue weighted by molar-refractivity contribution is 6.33. The first-order valence-corrected chi connectivity index (χ1v) is 9.68. The van der Waals surface area contributed by atoms with Gasteiger partial charge >= 0.3 is 0 Å². The summed E-state index contributed by atoms with van der Waals surface area (Å²) in [6.07, 6.45) is 0.850. The van der Waals surface area contributed by atoms with E-state index < -0.39 is 11.5 Å². The fourth-order valence-corrected chi connectivity index (χ4v) is 4.27. The lowest BCUT2D eigenvalue weighted by molar-refractivity contribution is -0.117. The highest BCUT2D eigenvalue weighted by Gasteiger charge is 2.52. The molecule has 2 heterocycles. The zero-order valence-corrected chi connectivity index (χ0v) is 16.5. The average molecular weight is 416 g/mol. The van der Waals surface area contributed by atoms with Crippen LogP contribution in [0.15, 0.2) is 42.5 Å². The van der Waals surface area contributed by atoms with E-state index in [9.17, 15) is 18.8 Å². The first-order valence-electron chi connectivity index (χ1n) is 9.30. The molecule has 1 fully saturated rings. The molecule has 0 saturated carbocycles. The predicted octanol–water partition coefficient (Wildman–Crippen LogP) is 3.81. The Morgan fingerprint density at radius 3 is 2.76 bits per heavy atom. The van der Waals surface area contributed by atoms with Crippen molar-refractivity contribution in [3.05, 3.63) is 58.9 Å². The van der Waals surface area contributed by atoms with Gasteiger partial charge in [-0.05, 0) is 43.7 Å². The van der Waals surface area contributed by atoms with E-state index in [-0.39, 0.29) is 35.7 Å². The number of carbonyl (C=O) groups excluding carboxylic acids is 3. The number of fused-ring (bicyclic) bond motifs is 3. The third kappa shape index (κ3) is 3.25. The third-order valence-electron chi connectivity index (χ3n) is 5.51. The zero-order valence-electron chi connectivity index (χ0n) is 15.7. The van der Waals surface area contributed by atoms with Crippen LogP contribution in [-0.4, -0.2) is 34.8 Å². The van der Waals surface area contributed by atoms with Gasteiger partial charge in [-0.2, -0.15) is 0 Å². The van der Waals surface area contributed by atoms with Crippen molar-refractivity contribution in [2.45, 2.75) is 31.8 Å². The Morgan fingerprint density at radius 2 is 2.00 bits per heavy atom. The van der Waals surface area contributed by atoms with E-state index in [1.165, 1.54) is 12.1 Å². The lowest BCUT2D eigenvalue weighted by atomic mass is 9.98. The van der Waals surface area contributed by atoms with Crippen LogP contribution in [0.2, 0.25) is 5.02 Å². The van der Waals surface area contributed by atoms with Crippen LogP contribution < -0.4 is 10.2 Å². The number of rotatable bonds is 4. The van der Waals surface area contributed by atoms with Gasteiger partial charge in [0.05, 0.1) is 22.0 Å². The summed E-state index contributed by atoms with van der Waals surface area (Å²) in [6, 6.07) is 10.7. The van der Waals surface area contributed by atoms with Crippen molar-refractivity contribution in [2.75, 3.05) is 16.8 Å². The van der Waals surface area contributed by atoms with Gasteiger partial charge in [-0.3, -0.25) is 19.3 Å². The molecule has 2 aliphatic rings. The van der Waals surface area contributed by atoms with Crippen LogP contribution in [0.5, 0.6) is 0 Å². The van der Waals surface area contributed by atoms with Gasteiger partial charge in [0.15, 0.2) is 0 Å². The Hall–Kier alpha value is -2.93. The predicted molar refractivity (Wildman–Crippen MR) is 107 cm³/mol. The van der Waals surface area contributed by atoms with E-state index in [2.05, 4.69) is 5.32 Å². The molecular formula is C21H19ClFN3O3. The molecule has 0 aromatic heterocycles. The van der Waals surface area contributed by atoms with Gasteiger partial charge < -0.3 is 10.2 Å². The Balaban J connectivity index is 1.54.